The first-order valence-electron chi connectivity index (χ1n) is 12.5. The smallest absolute Gasteiger partial charge is 0.255 e. The second-order valence-electron chi connectivity index (χ2n) is 8.86. The molecule has 0 bridgehead atoms. The fourth-order valence-electron chi connectivity index (χ4n) is 4.52. The number of aromatic nitrogens is 4. The average Bonchev–Trinajstić information content (AvgIpc) is 3.42. The van der Waals surface area contributed by atoms with Crippen LogP contribution in [0.3, 0.4) is 0 Å². The van der Waals surface area contributed by atoms with E-state index in [1.54, 1.807) is 30.4 Å². The predicted octanol–water partition coefficient (Wildman–Crippen LogP) is 3.28. The molecule has 4 aromatic rings. The molecule has 1 N–H and O–H groups in total. The summed E-state index contributed by atoms with van der Waals surface area (Å²) >= 11 is 0. The van der Waals surface area contributed by atoms with Gasteiger partial charge in [-0.3, -0.25) is 9.69 Å². The molecule has 1 saturated heterocycles. The third-order valence-electron chi connectivity index (χ3n) is 6.49. The number of carbonyl (C=O) groups excluding carboxylic acids is 1. The molecule has 2 aromatic heterocycles. The molecule has 9 heteroatoms. The highest BCUT2D eigenvalue weighted by Crippen LogP contribution is 2.31. The van der Waals surface area contributed by atoms with Crippen LogP contribution in [0.25, 0.3) is 16.9 Å². The number of ether oxygens (including phenoxy) is 1. The first kappa shape index (κ1) is 24.5. The lowest BCUT2D eigenvalue weighted by Gasteiger charge is -2.34. The zero-order valence-electron chi connectivity index (χ0n) is 21.0. The molecule has 0 spiro atoms. The Hall–Kier alpha value is -4.24. The van der Waals surface area contributed by atoms with Crippen molar-refractivity contribution in [2.75, 3.05) is 51.3 Å². The van der Waals surface area contributed by atoms with Gasteiger partial charge in [0.05, 0.1) is 18.4 Å². The lowest BCUT2D eigenvalue weighted by Crippen LogP contribution is -2.47. The van der Waals surface area contributed by atoms with Gasteiger partial charge in [0.25, 0.3) is 5.91 Å². The van der Waals surface area contributed by atoms with E-state index in [4.69, 9.17) is 9.84 Å². The molecule has 2 aromatic carbocycles. The van der Waals surface area contributed by atoms with Gasteiger partial charge in [0, 0.05) is 56.9 Å². The molecule has 5 rings (SSSR count). The molecule has 0 radical (unpaired) electrons. The minimum atomic E-state index is -0.144. The Bertz CT molecular complexity index is 1300. The van der Waals surface area contributed by atoms with Crippen molar-refractivity contribution < 1.29 is 9.53 Å². The van der Waals surface area contributed by atoms with Crippen molar-refractivity contribution >= 4 is 11.9 Å². The van der Waals surface area contributed by atoms with Gasteiger partial charge in [0.1, 0.15) is 11.4 Å². The SMILES string of the molecule is COc1ccccc1-c1nn(-c2ccccc2)cc1C(=O)NCCCN1CCN(c2ncccn2)CC1. The van der Waals surface area contributed by atoms with Crippen molar-refractivity contribution in [2.24, 2.45) is 0 Å². The van der Waals surface area contributed by atoms with Gasteiger partial charge in [-0.1, -0.05) is 30.3 Å². The molecular formula is C28H31N7O2. The Morgan fingerprint density at radius 2 is 1.68 bits per heavy atom. The van der Waals surface area contributed by atoms with Gasteiger partial charge in [0.15, 0.2) is 0 Å². The Morgan fingerprint density at radius 1 is 0.946 bits per heavy atom. The standard InChI is InChI=1S/C28H31N7O2/c1-37-25-12-6-5-11-23(25)26-24(21-35(32-26)22-9-3-2-4-10-22)27(36)29-15-8-16-33-17-19-34(20-18-33)28-30-13-7-14-31-28/h2-7,9-14,21H,8,15-20H2,1H3,(H,29,36). The fourth-order valence-corrected chi connectivity index (χ4v) is 4.52. The lowest BCUT2D eigenvalue weighted by atomic mass is 10.1. The van der Waals surface area contributed by atoms with Gasteiger partial charge in [-0.15, -0.1) is 0 Å². The van der Waals surface area contributed by atoms with Gasteiger partial charge in [-0.2, -0.15) is 5.10 Å². The van der Waals surface area contributed by atoms with Crippen LogP contribution >= 0.6 is 0 Å². The monoisotopic (exact) mass is 497 g/mol. The number of hydrogen-bond donors (Lipinski definition) is 1. The predicted molar refractivity (Wildman–Crippen MR) is 143 cm³/mol. The van der Waals surface area contributed by atoms with E-state index in [-0.39, 0.29) is 5.91 Å². The number of anilines is 1. The minimum Gasteiger partial charge on any atom is -0.496 e. The number of nitrogens with zero attached hydrogens (tertiary/aromatic N) is 6. The molecular weight excluding hydrogens is 466 g/mol. The Morgan fingerprint density at radius 3 is 2.43 bits per heavy atom. The van der Waals surface area contributed by atoms with Crippen molar-refractivity contribution in [3.05, 3.63) is 84.8 Å². The van der Waals surface area contributed by atoms with Gasteiger partial charge in [-0.25, -0.2) is 14.6 Å². The topological polar surface area (TPSA) is 88.4 Å². The van der Waals surface area contributed by atoms with Crippen molar-refractivity contribution in [3.8, 4) is 22.7 Å². The molecule has 37 heavy (non-hydrogen) atoms. The molecule has 1 aliphatic heterocycles. The average molecular weight is 498 g/mol. The summed E-state index contributed by atoms with van der Waals surface area (Å²) < 4.78 is 7.30. The second kappa shape index (κ2) is 11.7. The van der Waals surface area contributed by atoms with E-state index < -0.39 is 0 Å². The summed E-state index contributed by atoms with van der Waals surface area (Å²) in [4.78, 5) is 26.6. The Kier molecular flexibility index (Phi) is 7.71. The van der Waals surface area contributed by atoms with Crippen LogP contribution in [0.5, 0.6) is 5.75 Å². The first-order chi connectivity index (χ1) is 18.2. The number of nitrogens with one attached hydrogen (secondary N) is 1. The molecule has 9 nitrogen and oxygen atoms in total. The summed E-state index contributed by atoms with van der Waals surface area (Å²) in [5.74, 6) is 1.32. The number of rotatable bonds is 9. The van der Waals surface area contributed by atoms with Crippen LogP contribution in [0, 0.1) is 0 Å². The quantitative estimate of drug-likeness (QED) is 0.355. The van der Waals surface area contributed by atoms with Crippen molar-refractivity contribution in [3.63, 3.8) is 0 Å². The van der Waals surface area contributed by atoms with Crippen LogP contribution in [-0.4, -0.2) is 76.9 Å². The maximum Gasteiger partial charge on any atom is 0.255 e. The molecule has 0 aliphatic carbocycles. The summed E-state index contributed by atoms with van der Waals surface area (Å²) in [7, 11) is 1.62. The Balaban J connectivity index is 1.21. The zero-order valence-corrected chi connectivity index (χ0v) is 21.0. The summed E-state index contributed by atoms with van der Waals surface area (Å²) in [6.45, 7) is 5.21. The van der Waals surface area contributed by atoms with Gasteiger partial charge in [-0.05, 0) is 43.3 Å². The summed E-state index contributed by atoms with van der Waals surface area (Å²) in [5.41, 5.74) is 2.78. The number of benzene rings is 2. The molecule has 190 valence electrons. The van der Waals surface area contributed by atoms with E-state index in [2.05, 4.69) is 25.1 Å². The summed E-state index contributed by atoms with van der Waals surface area (Å²) in [5, 5.41) is 7.86. The number of piperazine rings is 1. The normalized spacial score (nSPS) is 13.9. The number of hydrogen-bond acceptors (Lipinski definition) is 7. The van der Waals surface area contributed by atoms with Crippen LogP contribution in [0.4, 0.5) is 5.95 Å². The minimum absolute atomic E-state index is 0.144. The molecule has 1 aliphatic rings. The number of carbonyl (C=O) groups is 1. The third-order valence-corrected chi connectivity index (χ3v) is 6.49. The lowest BCUT2D eigenvalue weighted by molar-refractivity contribution is 0.0952. The summed E-state index contributed by atoms with van der Waals surface area (Å²) in [6, 6.07) is 19.2. The largest absolute Gasteiger partial charge is 0.496 e. The Labute approximate surface area is 216 Å². The molecule has 1 fully saturated rings. The highest BCUT2D eigenvalue weighted by atomic mass is 16.5. The van der Waals surface area contributed by atoms with E-state index in [0.717, 1.165) is 56.3 Å². The van der Waals surface area contributed by atoms with Crippen molar-refractivity contribution in [1.29, 1.82) is 0 Å². The van der Waals surface area contributed by atoms with Gasteiger partial charge >= 0.3 is 0 Å². The van der Waals surface area contributed by atoms with E-state index in [1.807, 2.05) is 60.7 Å². The number of para-hydroxylation sites is 2. The van der Waals surface area contributed by atoms with E-state index in [1.165, 1.54) is 0 Å². The second-order valence-corrected chi connectivity index (χ2v) is 8.86. The van der Waals surface area contributed by atoms with Gasteiger partial charge in [0.2, 0.25) is 5.95 Å². The highest BCUT2D eigenvalue weighted by molar-refractivity contribution is 6.00. The molecule has 1 amide bonds. The maximum absolute atomic E-state index is 13.3. The molecule has 3 heterocycles. The van der Waals surface area contributed by atoms with Crippen molar-refractivity contribution in [2.45, 2.75) is 6.42 Å². The molecule has 0 unspecified atom stereocenters. The van der Waals surface area contributed by atoms with Crippen LogP contribution in [0.1, 0.15) is 16.8 Å². The van der Waals surface area contributed by atoms with Crippen LogP contribution in [0.15, 0.2) is 79.3 Å². The maximum atomic E-state index is 13.3. The van der Waals surface area contributed by atoms with E-state index in [0.29, 0.717) is 23.6 Å². The van der Waals surface area contributed by atoms with Crippen molar-refractivity contribution in [1.82, 2.24) is 30.0 Å². The van der Waals surface area contributed by atoms with Crippen LogP contribution in [0.2, 0.25) is 0 Å². The summed E-state index contributed by atoms with van der Waals surface area (Å²) in [6.07, 6.45) is 6.21. The van der Waals surface area contributed by atoms with Crippen LogP contribution < -0.4 is 15.0 Å². The van der Waals surface area contributed by atoms with Crippen LogP contribution in [-0.2, 0) is 0 Å². The first-order valence-corrected chi connectivity index (χ1v) is 12.5. The van der Waals surface area contributed by atoms with E-state index >= 15 is 0 Å². The van der Waals surface area contributed by atoms with E-state index in [9.17, 15) is 4.79 Å². The highest BCUT2D eigenvalue weighted by Gasteiger charge is 2.22. The molecule has 0 saturated carbocycles. The number of methoxy groups -OCH3 is 1. The number of amides is 1. The fraction of sp³-hybridized carbons (Fsp3) is 0.286. The van der Waals surface area contributed by atoms with Gasteiger partial charge < -0.3 is 15.0 Å². The third kappa shape index (κ3) is 5.78. The zero-order chi connectivity index (χ0) is 25.5. The molecule has 0 atom stereocenters.